The molecule has 0 rings (SSSR count). The summed E-state index contributed by atoms with van der Waals surface area (Å²) in [5.41, 5.74) is 0. The van der Waals surface area contributed by atoms with Gasteiger partial charge in [-0.15, -0.1) is 0 Å². The molecule has 104 valence electrons. The van der Waals surface area contributed by atoms with Crippen molar-refractivity contribution in [3.63, 3.8) is 0 Å². The van der Waals surface area contributed by atoms with Crippen LogP contribution in [0, 0.1) is 5.92 Å². The molecule has 0 saturated carbocycles. The Morgan fingerprint density at radius 3 is 2.18 bits per heavy atom. The molecule has 17 heavy (non-hydrogen) atoms. The second-order valence-corrected chi connectivity index (χ2v) is 6.49. The molecule has 0 fully saturated rings. The summed E-state index contributed by atoms with van der Waals surface area (Å²) in [5, 5.41) is 3.02. The van der Waals surface area contributed by atoms with Gasteiger partial charge in [-0.25, -0.2) is 13.1 Å². The van der Waals surface area contributed by atoms with Crippen LogP contribution in [0.3, 0.4) is 0 Å². The molecule has 0 aromatic heterocycles. The molecule has 2 N–H and O–H groups in total. The van der Waals surface area contributed by atoms with Crippen molar-refractivity contribution in [2.45, 2.75) is 52.5 Å². The van der Waals surface area contributed by atoms with Gasteiger partial charge in [-0.05, 0) is 39.3 Å². The summed E-state index contributed by atoms with van der Waals surface area (Å²) in [6.07, 6.45) is 3.64. The molecule has 4 nitrogen and oxygen atoms in total. The van der Waals surface area contributed by atoms with Crippen LogP contribution in [0.1, 0.15) is 46.5 Å². The third-order valence-corrected chi connectivity index (χ3v) is 4.77. The topological polar surface area (TPSA) is 58.2 Å². The highest BCUT2D eigenvalue weighted by atomic mass is 32.2. The van der Waals surface area contributed by atoms with Crippen LogP contribution in [0.15, 0.2) is 0 Å². The quantitative estimate of drug-likeness (QED) is 0.591. The molecule has 0 aromatic rings. The van der Waals surface area contributed by atoms with Crippen LogP contribution in [-0.4, -0.2) is 33.8 Å². The van der Waals surface area contributed by atoms with Crippen LogP contribution >= 0.6 is 0 Å². The minimum Gasteiger partial charge on any atom is -0.320 e. The van der Waals surface area contributed by atoms with Crippen molar-refractivity contribution in [2.75, 3.05) is 19.3 Å². The van der Waals surface area contributed by atoms with Gasteiger partial charge in [0.25, 0.3) is 0 Å². The Hall–Kier alpha value is -0.130. The van der Waals surface area contributed by atoms with Gasteiger partial charge in [0.2, 0.25) is 10.0 Å². The molecule has 1 atom stereocenters. The summed E-state index contributed by atoms with van der Waals surface area (Å²) in [6.45, 7) is 7.04. The number of hydrogen-bond donors (Lipinski definition) is 2. The molecule has 0 saturated heterocycles. The molecule has 0 radical (unpaired) electrons. The number of sulfonamides is 1. The maximum Gasteiger partial charge on any atom is 0.211 e. The normalized spacial score (nSPS) is 14.2. The number of nitrogens with one attached hydrogen (secondary N) is 2. The highest BCUT2D eigenvalue weighted by Crippen LogP contribution is 2.13. The van der Waals surface area contributed by atoms with E-state index in [1.165, 1.54) is 0 Å². The summed E-state index contributed by atoms with van der Waals surface area (Å²) in [5.74, 6) is 0.668. The first kappa shape index (κ1) is 16.9. The van der Waals surface area contributed by atoms with E-state index in [0.29, 0.717) is 12.3 Å². The van der Waals surface area contributed by atoms with Crippen molar-refractivity contribution >= 4 is 10.0 Å². The first-order valence-corrected chi connectivity index (χ1v) is 8.26. The fourth-order valence-electron chi connectivity index (χ4n) is 2.03. The van der Waals surface area contributed by atoms with Crippen LogP contribution in [0.2, 0.25) is 0 Å². The highest BCUT2D eigenvalue weighted by molar-refractivity contribution is 7.89. The van der Waals surface area contributed by atoms with Crippen molar-refractivity contribution in [3.8, 4) is 0 Å². The third-order valence-electron chi connectivity index (χ3n) is 3.21. The Kier molecular flexibility index (Phi) is 8.82. The van der Waals surface area contributed by atoms with Crippen LogP contribution in [0.4, 0.5) is 0 Å². The summed E-state index contributed by atoms with van der Waals surface area (Å²) in [4.78, 5) is 0. The van der Waals surface area contributed by atoms with Crippen LogP contribution in [0.5, 0.6) is 0 Å². The fourth-order valence-corrected chi connectivity index (χ4v) is 3.49. The lowest BCUT2D eigenvalue weighted by Crippen LogP contribution is -2.39. The highest BCUT2D eigenvalue weighted by Gasteiger charge is 2.19. The first-order valence-electron chi connectivity index (χ1n) is 6.61. The third kappa shape index (κ3) is 7.73. The van der Waals surface area contributed by atoms with E-state index in [4.69, 9.17) is 0 Å². The molecule has 5 heteroatoms. The molecule has 1 unspecified atom stereocenters. The van der Waals surface area contributed by atoms with Crippen LogP contribution in [-0.2, 0) is 10.0 Å². The Morgan fingerprint density at radius 1 is 1.12 bits per heavy atom. The monoisotopic (exact) mass is 264 g/mol. The summed E-state index contributed by atoms with van der Waals surface area (Å²) < 4.78 is 26.4. The van der Waals surface area contributed by atoms with Gasteiger partial charge in [-0.2, -0.15) is 0 Å². The van der Waals surface area contributed by atoms with Crippen molar-refractivity contribution in [1.29, 1.82) is 0 Å². The zero-order valence-electron chi connectivity index (χ0n) is 11.6. The largest absolute Gasteiger partial charge is 0.320 e. The number of hydrogen-bond acceptors (Lipinski definition) is 3. The minimum atomic E-state index is -3.10. The smallest absolute Gasteiger partial charge is 0.211 e. The predicted octanol–water partition coefficient (Wildman–Crippen LogP) is 1.73. The lowest BCUT2D eigenvalue weighted by Gasteiger charge is -2.22. The van der Waals surface area contributed by atoms with E-state index in [1.54, 1.807) is 0 Å². The van der Waals surface area contributed by atoms with E-state index in [9.17, 15) is 8.42 Å². The van der Waals surface area contributed by atoms with Gasteiger partial charge in [0.05, 0.1) is 5.75 Å². The molecule has 0 aliphatic rings. The molecule has 0 aliphatic heterocycles. The zero-order valence-corrected chi connectivity index (χ0v) is 12.4. The van der Waals surface area contributed by atoms with Gasteiger partial charge < -0.3 is 5.32 Å². The average Bonchev–Trinajstić information content (AvgIpc) is 2.25. The van der Waals surface area contributed by atoms with Crippen molar-refractivity contribution in [3.05, 3.63) is 0 Å². The minimum absolute atomic E-state index is 0.0410. The van der Waals surface area contributed by atoms with E-state index in [1.807, 2.05) is 14.0 Å². The Bertz CT molecular complexity index is 274. The Morgan fingerprint density at radius 2 is 1.71 bits per heavy atom. The maximum absolute atomic E-state index is 11.8. The Labute approximate surface area is 107 Å². The second-order valence-electron chi connectivity index (χ2n) is 4.61. The summed E-state index contributed by atoms with van der Waals surface area (Å²) in [7, 11) is -1.23. The molecule has 0 aromatic carbocycles. The van der Waals surface area contributed by atoms with Gasteiger partial charge in [-0.3, -0.25) is 0 Å². The van der Waals surface area contributed by atoms with Crippen molar-refractivity contribution < 1.29 is 8.42 Å². The Balaban J connectivity index is 4.06. The van der Waals surface area contributed by atoms with Gasteiger partial charge in [0.15, 0.2) is 0 Å². The fraction of sp³-hybridized carbons (Fsp3) is 1.00. The molecule has 0 aliphatic carbocycles. The second kappa shape index (κ2) is 8.89. The average molecular weight is 264 g/mol. The molecule has 0 bridgehead atoms. The van der Waals surface area contributed by atoms with E-state index >= 15 is 0 Å². The molecule has 0 spiro atoms. The lowest BCUT2D eigenvalue weighted by molar-refractivity contribution is 0.390. The lowest BCUT2D eigenvalue weighted by atomic mass is 9.96. The van der Waals surface area contributed by atoms with Gasteiger partial charge in [-0.1, -0.05) is 26.7 Å². The van der Waals surface area contributed by atoms with E-state index in [-0.39, 0.29) is 11.8 Å². The van der Waals surface area contributed by atoms with E-state index in [2.05, 4.69) is 23.9 Å². The van der Waals surface area contributed by atoms with Crippen LogP contribution < -0.4 is 10.0 Å². The zero-order chi connectivity index (χ0) is 13.3. The molecule has 0 amide bonds. The summed E-state index contributed by atoms with van der Waals surface area (Å²) in [6, 6.07) is 0.0410. The standard InChI is InChI=1S/C12H28N2O2S/c1-5-12(6-2)11(3)14-17(15,16)10-8-7-9-13-4/h11-14H,5-10H2,1-4H3. The van der Waals surface area contributed by atoms with Gasteiger partial charge in [0, 0.05) is 6.04 Å². The molecule has 0 heterocycles. The van der Waals surface area contributed by atoms with E-state index < -0.39 is 10.0 Å². The van der Waals surface area contributed by atoms with Crippen LogP contribution in [0.25, 0.3) is 0 Å². The SMILES string of the molecule is CCC(CC)C(C)NS(=O)(=O)CCCCNC. The summed E-state index contributed by atoms with van der Waals surface area (Å²) >= 11 is 0. The molecular weight excluding hydrogens is 236 g/mol. The van der Waals surface area contributed by atoms with Gasteiger partial charge in [0.1, 0.15) is 0 Å². The van der Waals surface area contributed by atoms with Crippen molar-refractivity contribution in [2.24, 2.45) is 5.92 Å². The van der Waals surface area contributed by atoms with Gasteiger partial charge >= 0.3 is 0 Å². The number of unbranched alkanes of at least 4 members (excludes halogenated alkanes) is 1. The number of rotatable bonds is 10. The van der Waals surface area contributed by atoms with Crippen molar-refractivity contribution in [1.82, 2.24) is 10.0 Å². The predicted molar refractivity (Wildman–Crippen MR) is 73.6 cm³/mol. The maximum atomic E-state index is 11.8. The molecular formula is C12H28N2O2S. The van der Waals surface area contributed by atoms with E-state index in [0.717, 1.165) is 25.8 Å². The first-order chi connectivity index (χ1) is 7.96.